The molecule has 0 saturated heterocycles. The Balaban J connectivity index is 2.50. The van der Waals surface area contributed by atoms with Gasteiger partial charge in [-0.3, -0.25) is 4.79 Å². The Morgan fingerprint density at radius 1 is 1.40 bits per heavy atom. The van der Waals surface area contributed by atoms with Gasteiger partial charge in [-0.2, -0.15) is 0 Å². The Morgan fingerprint density at radius 3 is 3.07 bits per heavy atom. The number of para-hydroxylation sites is 1. The van der Waals surface area contributed by atoms with Gasteiger partial charge in [0, 0.05) is 11.5 Å². The number of H-pyrrole nitrogens is 1. The number of hydrogen-bond acceptors (Lipinski definition) is 3. The molecule has 2 heterocycles. The molecule has 0 atom stereocenters. The first-order chi connectivity index (χ1) is 7.29. The standard InChI is InChI=1S/C11H7NO3/c13-5-6-4-9-10(12-6)7-2-1-3-8(14)11(7)15-9/h1-5,12,14H. The van der Waals surface area contributed by atoms with Crippen LogP contribution in [-0.2, 0) is 0 Å². The van der Waals surface area contributed by atoms with Crippen LogP contribution < -0.4 is 0 Å². The Morgan fingerprint density at radius 2 is 2.27 bits per heavy atom. The molecule has 0 saturated carbocycles. The van der Waals surface area contributed by atoms with E-state index in [2.05, 4.69) is 4.98 Å². The predicted octanol–water partition coefficient (Wildman–Crippen LogP) is 2.43. The molecule has 2 N–H and O–H groups in total. The van der Waals surface area contributed by atoms with Crippen LogP contribution >= 0.6 is 0 Å². The summed E-state index contributed by atoms with van der Waals surface area (Å²) in [6.07, 6.45) is 0.726. The van der Waals surface area contributed by atoms with Crippen LogP contribution in [0.25, 0.3) is 22.1 Å². The molecule has 3 aromatic rings. The van der Waals surface area contributed by atoms with Gasteiger partial charge in [-0.1, -0.05) is 6.07 Å². The van der Waals surface area contributed by atoms with Crippen molar-refractivity contribution in [2.45, 2.75) is 0 Å². The van der Waals surface area contributed by atoms with E-state index in [0.717, 1.165) is 17.2 Å². The van der Waals surface area contributed by atoms with E-state index in [1.54, 1.807) is 18.2 Å². The summed E-state index contributed by atoms with van der Waals surface area (Å²) >= 11 is 0. The van der Waals surface area contributed by atoms with Gasteiger partial charge in [-0.25, -0.2) is 0 Å². The van der Waals surface area contributed by atoms with Crippen LogP contribution in [0.1, 0.15) is 10.5 Å². The molecule has 0 aliphatic heterocycles. The van der Waals surface area contributed by atoms with E-state index in [4.69, 9.17) is 4.42 Å². The zero-order chi connectivity index (χ0) is 10.4. The number of aromatic nitrogens is 1. The third kappa shape index (κ3) is 0.985. The normalized spacial score (nSPS) is 11.2. The molecule has 0 aliphatic rings. The van der Waals surface area contributed by atoms with Crippen molar-refractivity contribution in [3.63, 3.8) is 0 Å². The largest absolute Gasteiger partial charge is 0.504 e. The summed E-state index contributed by atoms with van der Waals surface area (Å²) in [7, 11) is 0. The Hall–Kier alpha value is -2.23. The first-order valence-corrected chi connectivity index (χ1v) is 4.48. The molecule has 0 amide bonds. The maximum absolute atomic E-state index is 10.6. The molecule has 2 aromatic heterocycles. The highest BCUT2D eigenvalue weighted by atomic mass is 16.4. The molecule has 0 fully saturated rings. The van der Waals surface area contributed by atoms with Crippen LogP contribution in [0.15, 0.2) is 28.7 Å². The summed E-state index contributed by atoms with van der Waals surface area (Å²) in [6, 6.07) is 6.73. The van der Waals surface area contributed by atoms with Crippen LogP contribution in [-0.4, -0.2) is 16.4 Å². The zero-order valence-electron chi connectivity index (χ0n) is 7.65. The number of phenols is 1. The van der Waals surface area contributed by atoms with Crippen molar-refractivity contribution in [1.29, 1.82) is 0 Å². The molecule has 74 valence electrons. The summed E-state index contributed by atoms with van der Waals surface area (Å²) in [6.45, 7) is 0. The molecule has 4 heteroatoms. The molecule has 0 unspecified atom stereocenters. The van der Waals surface area contributed by atoms with Gasteiger partial charge in [-0.15, -0.1) is 0 Å². The summed E-state index contributed by atoms with van der Waals surface area (Å²) in [5, 5.41) is 10.3. The molecule has 0 spiro atoms. The Labute approximate surface area is 84.1 Å². The van der Waals surface area contributed by atoms with Crippen molar-refractivity contribution in [2.75, 3.05) is 0 Å². The smallest absolute Gasteiger partial charge is 0.178 e. The molecule has 15 heavy (non-hydrogen) atoms. The number of benzene rings is 1. The van der Waals surface area contributed by atoms with E-state index in [1.165, 1.54) is 0 Å². The number of aromatic hydroxyl groups is 1. The van der Waals surface area contributed by atoms with E-state index >= 15 is 0 Å². The van der Waals surface area contributed by atoms with Crippen LogP contribution in [0.5, 0.6) is 5.75 Å². The average Bonchev–Trinajstić information content (AvgIpc) is 2.76. The Bertz CT molecular complexity index is 663. The molecule has 3 rings (SSSR count). The average molecular weight is 201 g/mol. The van der Waals surface area contributed by atoms with Crippen molar-refractivity contribution >= 4 is 28.4 Å². The number of nitrogens with one attached hydrogen (secondary N) is 1. The van der Waals surface area contributed by atoms with Gasteiger partial charge < -0.3 is 14.5 Å². The SMILES string of the molecule is O=Cc1cc2oc3c(O)cccc3c2[nH]1. The lowest BCUT2D eigenvalue weighted by Crippen LogP contribution is -1.76. The van der Waals surface area contributed by atoms with Gasteiger partial charge in [0.05, 0.1) is 11.2 Å². The monoisotopic (exact) mass is 201 g/mol. The van der Waals surface area contributed by atoms with Crippen LogP contribution in [0, 0.1) is 0 Å². The minimum atomic E-state index is 0.102. The highest BCUT2D eigenvalue weighted by Gasteiger charge is 2.12. The Kier molecular flexibility index (Phi) is 1.42. The number of aldehydes is 1. The first kappa shape index (κ1) is 8.11. The number of furan rings is 1. The molecule has 0 bridgehead atoms. The summed E-state index contributed by atoms with van der Waals surface area (Å²) in [5.74, 6) is 0.102. The molecule has 1 aromatic carbocycles. The van der Waals surface area contributed by atoms with E-state index in [9.17, 15) is 9.90 Å². The van der Waals surface area contributed by atoms with E-state index in [-0.39, 0.29) is 5.75 Å². The molecular weight excluding hydrogens is 194 g/mol. The number of carbonyl (C=O) groups excluding carboxylic acids is 1. The van der Waals surface area contributed by atoms with Crippen molar-refractivity contribution in [3.8, 4) is 5.75 Å². The minimum Gasteiger partial charge on any atom is -0.504 e. The number of rotatable bonds is 1. The van der Waals surface area contributed by atoms with Crippen LogP contribution in [0.4, 0.5) is 0 Å². The number of aromatic amines is 1. The maximum Gasteiger partial charge on any atom is 0.178 e. The third-order valence-corrected chi connectivity index (χ3v) is 2.40. The highest BCUT2D eigenvalue weighted by Crippen LogP contribution is 2.33. The zero-order valence-corrected chi connectivity index (χ0v) is 7.65. The van der Waals surface area contributed by atoms with Crippen LogP contribution in [0.3, 0.4) is 0 Å². The summed E-state index contributed by atoms with van der Waals surface area (Å²) in [5.41, 5.74) is 2.22. The topological polar surface area (TPSA) is 66.2 Å². The van der Waals surface area contributed by atoms with Gasteiger partial charge in [0.15, 0.2) is 23.2 Å². The fourth-order valence-corrected chi connectivity index (χ4v) is 1.74. The third-order valence-electron chi connectivity index (χ3n) is 2.40. The minimum absolute atomic E-state index is 0.102. The number of hydrogen-bond donors (Lipinski definition) is 2. The summed E-state index contributed by atoms with van der Waals surface area (Å²) in [4.78, 5) is 13.5. The van der Waals surface area contributed by atoms with Crippen molar-refractivity contribution in [2.24, 2.45) is 0 Å². The van der Waals surface area contributed by atoms with E-state index < -0.39 is 0 Å². The van der Waals surface area contributed by atoms with Gasteiger partial charge in [-0.05, 0) is 12.1 Å². The van der Waals surface area contributed by atoms with Gasteiger partial charge >= 0.3 is 0 Å². The fraction of sp³-hybridized carbons (Fsp3) is 0. The van der Waals surface area contributed by atoms with Gasteiger partial charge in [0.25, 0.3) is 0 Å². The number of fused-ring (bicyclic) bond motifs is 3. The van der Waals surface area contributed by atoms with Gasteiger partial charge in [0.1, 0.15) is 0 Å². The molecular formula is C11H7NO3. The summed E-state index contributed by atoms with van der Waals surface area (Å²) < 4.78 is 5.43. The number of phenolic OH excluding ortho intramolecular Hbond substituents is 1. The maximum atomic E-state index is 10.6. The van der Waals surface area contributed by atoms with Crippen LogP contribution in [0.2, 0.25) is 0 Å². The quantitative estimate of drug-likeness (QED) is 0.594. The van der Waals surface area contributed by atoms with Gasteiger partial charge in [0.2, 0.25) is 0 Å². The van der Waals surface area contributed by atoms with E-state index in [1.807, 2.05) is 6.07 Å². The highest BCUT2D eigenvalue weighted by molar-refractivity contribution is 6.06. The van der Waals surface area contributed by atoms with E-state index in [0.29, 0.717) is 16.9 Å². The molecule has 0 radical (unpaired) electrons. The lowest BCUT2D eigenvalue weighted by atomic mass is 10.2. The van der Waals surface area contributed by atoms with Crippen molar-refractivity contribution in [3.05, 3.63) is 30.0 Å². The number of carbonyl (C=O) groups is 1. The molecule has 4 nitrogen and oxygen atoms in total. The second-order valence-corrected chi connectivity index (χ2v) is 3.34. The predicted molar refractivity (Wildman–Crippen MR) is 55.1 cm³/mol. The molecule has 0 aliphatic carbocycles. The van der Waals surface area contributed by atoms with Crippen molar-refractivity contribution in [1.82, 2.24) is 4.98 Å². The fourth-order valence-electron chi connectivity index (χ4n) is 1.74. The lowest BCUT2D eigenvalue weighted by Gasteiger charge is -1.91. The second-order valence-electron chi connectivity index (χ2n) is 3.34. The first-order valence-electron chi connectivity index (χ1n) is 4.48. The van der Waals surface area contributed by atoms with Crippen molar-refractivity contribution < 1.29 is 14.3 Å². The second kappa shape index (κ2) is 2.63. The lowest BCUT2D eigenvalue weighted by molar-refractivity contribution is 0.111.